The van der Waals surface area contributed by atoms with Gasteiger partial charge >= 0.3 is 23.5 Å². The molecule has 69 heavy (non-hydrogen) atoms. The molecule has 12 N–H and O–H groups in total. The quantitative estimate of drug-likeness (QED) is 0.0299. The van der Waals surface area contributed by atoms with E-state index < -0.39 is 109 Å². The van der Waals surface area contributed by atoms with E-state index in [1.807, 2.05) is 0 Å². The highest BCUT2D eigenvalue weighted by Gasteiger charge is 2.50. The molecule has 0 radical (unpaired) electrons. The molecule has 2 fully saturated rings. The van der Waals surface area contributed by atoms with Crippen LogP contribution in [0.1, 0.15) is 78.4 Å². The molecule has 4 heterocycles. The second kappa shape index (κ2) is 26.7. The maximum Gasteiger partial charge on any atom is 0.481 e. The van der Waals surface area contributed by atoms with Gasteiger partial charge in [0.1, 0.15) is 42.4 Å². The van der Waals surface area contributed by atoms with Crippen molar-refractivity contribution >= 4 is 69.1 Å². The minimum atomic E-state index is -5.59. The highest BCUT2D eigenvalue weighted by molar-refractivity contribution is 8.14. The van der Waals surface area contributed by atoms with Gasteiger partial charge in [0.2, 0.25) is 16.9 Å². The van der Waals surface area contributed by atoms with E-state index in [0.29, 0.717) is 12.4 Å². The number of hydrogen-bond donors (Lipinski definition) is 11. The minimum Gasteiger partial charge on any atom is -0.390 e. The number of unbranched alkanes of at least 4 members (excludes halogenated alkanes) is 5. The second-order valence-electron chi connectivity index (χ2n) is 16.6. The van der Waals surface area contributed by atoms with E-state index in [9.17, 15) is 68.1 Å². The number of imidazole rings is 1. The fourth-order valence-corrected chi connectivity index (χ4v) is 10.1. The van der Waals surface area contributed by atoms with E-state index in [0.717, 1.165) is 67.5 Å². The molecule has 2 saturated heterocycles. The summed E-state index contributed by atoms with van der Waals surface area (Å²) in [6.07, 6.45) is -0.892. The maximum atomic E-state index is 12.7. The van der Waals surface area contributed by atoms with Gasteiger partial charge in [-0.15, -0.1) is 0 Å². The van der Waals surface area contributed by atoms with E-state index in [2.05, 4.69) is 34.4 Å². The van der Waals surface area contributed by atoms with Gasteiger partial charge in [-0.25, -0.2) is 28.6 Å². The summed E-state index contributed by atoms with van der Waals surface area (Å²) >= 11 is 1.02. The van der Waals surface area contributed by atoms with Crippen molar-refractivity contribution in [3.8, 4) is 0 Å². The summed E-state index contributed by atoms with van der Waals surface area (Å²) in [5.74, 6) is -1.21. The first-order valence-corrected chi connectivity index (χ1v) is 27.2. The van der Waals surface area contributed by atoms with Crippen molar-refractivity contribution < 1.29 is 100 Å². The number of fused-ring (bicyclic) bond motifs is 1. The topological polar surface area (TPSA) is 423 Å². The summed E-state index contributed by atoms with van der Waals surface area (Å²) in [5, 5.41) is 46.0. The van der Waals surface area contributed by atoms with Crippen molar-refractivity contribution in [2.75, 3.05) is 44.4 Å². The molecule has 0 saturated carbocycles. The number of phosphoric ester groups is 3. The molecule has 4 rings (SSSR count). The number of allylic oxidation sites excluding steroid dienone is 1. The Balaban J connectivity index is 1.08. The predicted molar refractivity (Wildman–Crippen MR) is 241 cm³/mol. The lowest BCUT2D eigenvalue weighted by Gasteiger charge is -2.35. The van der Waals surface area contributed by atoms with Gasteiger partial charge in [-0.3, -0.25) is 32.5 Å². The van der Waals surface area contributed by atoms with Crippen molar-refractivity contribution in [1.82, 2.24) is 30.2 Å². The number of phosphoric acid groups is 3. The monoisotopic (exact) mass is 1070 g/mol. The fourth-order valence-electron chi connectivity index (χ4n) is 6.70. The Hall–Kier alpha value is -2.86. The third kappa shape index (κ3) is 19.3. The Bertz CT molecular complexity index is 2190. The lowest BCUT2D eigenvalue weighted by molar-refractivity contribution is -0.261. The van der Waals surface area contributed by atoms with Crippen LogP contribution in [0.4, 0.5) is 5.82 Å². The van der Waals surface area contributed by atoms with Crippen LogP contribution in [0.15, 0.2) is 24.8 Å². The molecule has 2 unspecified atom stereocenters. The first kappa shape index (κ1) is 58.7. The summed E-state index contributed by atoms with van der Waals surface area (Å²) in [6, 6.07) is 0. The molecule has 2 aliphatic rings. The van der Waals surface area contributed by atoms with Crippen LogP contribution in [-0.2, 0) is 60.2 Å². The molecule has 0 aliphatic carbocycles. The molecule has 392 valence electrons. The van der Waals surface area contributed by atoms with Gasteiger partial charge in [0.25, 0.3) is 0 Å². The lowest BCUT2D eigenvalue weighted by Crippen LogP contribution is -2.47. The van der Waals surface area contributed by atoms with Crippen molar-refractivity contribution in [2.24, 2.45) is 5.41 Å². The zero-order valence-electron chi connectivity index (χ0n) is 37.9. The van der Waals surface area contributed by atoms with Crippen LogP contribution >= 0.6 is 35.2 Å². The Kier molecular flexibility index (Phi) is 22.7. The number of nitrogens with two attached hydrogens (primary N) is 1. The van der Waals surface area contributed by atoms with Gasteiger partial charge in [0.15, 0.2) is 24.0 Å². The van der Waals surface area contributed by atoms with Crippen LogP contribution in [0.3, 0.4) is 0 Å². The number of ether oxygens (including phenoxy) is 3. The number of rotatable bonds is 29. The summed E-state index contributed by atoms with van der Waals surface area (Å²) in [5.41, 5.74) is 4.24. The van der Waals surface area contributed by atoms with E-state index in [-0.39, 0.29) is 48.0 Å². The number of aliphatic hydroxyl groups is 4. The molecular formula is C37H62N7O21P3S. The van der Waals surface area contributed by atoms with Crippen molar-refractivity contribution in [1.29, 1.82) is 0 Å². The number of nitrogens with zero attached hydrogens (tertiary/aromatic N) is 4. The Morgan fingerprint density at radius 2 is 1.67 bits per heavy atom. The Labute approximate surface area is 400 Å². The van der Waals surface area contributed by atoms with Gasteiger partial charge in [0.05, 0.1) is 31.7 Å². The zero-order chi connectivity index (χ0) is 51.2. The molecule has 2 aromatic heterocycles. The van der Waals surface area contributed by atoms with Gasteiger partial charge in [0, 0.05) is 43.7 Å². The number of thioether (sulfide) groups is 1. The molecule has 2 amide bonds. The highest BCUT2D eigenvalue weighted by Crippen LogP contribution is 2.61. The molecule has 0 aromatic carbocycles. The third-order valence-corrected chi connectivity index (χ3v) is 14.4. The minimum absolute atomic E-state index is 0.0237. The zero-order valence-corrected chi connectivity index (χ0v) is 41.4. The average Bonchev–Trinajstić information content (AvgIpc) is 3.82. The summed E-state index contributed by atoms with van der Waals surface area (Å²) in [7, 11) is -16.5. The number of amides is 2. The number of nitrogen functional groups attached to an aromatic ring is 1. The average molecular weight is 1070 g/mol. The molecule has 2 aromatic rings. The van der Waals surface area contributed by atoms with Gasteiger partial charge in [-0.05, 0) is 32.3 Å². The number of nitrogens with one attached hydrogen (secondary N) is 2. The third-order valence-electron chi connectivity index (χ3n) is 10.5. The normalized spacial score (nSPS) is 25.6. The first-order valence-electron chi connectivity index (χ1n) is 21.6. The van der Waals surface area contributed by atoms with E-state index in [4.69, 9.17) is 29.0 Å². The van der Waals surface area contributed by atoms with Crippen LogP contribution in [-0.4, -0.2) is 164 Å². The van der Waals surface area contributed by atoms with Crippen LogP contribution in [0.25, 0.3) is 11.2 Å². The SMILES string of the molecule is C[C@@H]1O[C@@H](OCCCCCCC/C=C/C(=O)SCCNC(=O)CCNC(=O)[C@H](O)C(C)(C)COP(=O)(O)OP(=O)(O)OC[C@H]2O[C@@H](n3cnc4c(N)ncnc43)[C@H](O)[C@@H]2OP(=O)(O)O)[C@H](O)C[C@H]1O. The fraction of sp³-hybridized carbons (Fsp3) is 0.730. The Morgan fingerprint density at radius 3 is 2.39 bits per heavy atom. The number of aromatic nitrogens is 4. The summed E-state index contributed by atoms with van der Waals surface area (Å²) in [6.45, 7) is 2.57. The van der Waals surface area contributed by atoms with E-state index in [1.165, 1.54) is 19.9 Å². The van der Waals surface area contributed by atoms with Gasteiger partial charge in [-0.1, -0.05) is 50.9 Å². The molecule has 0 bridgehead atoms. The highest BCUT2D eigenvalue weighted by atomic mass is 32.2. The number of anilines is 1. The predicted octanol–water partition coefficient (Wildman–Crippen LogP) is 0.435. The number of carbonyl (C=O) groups is 3. The van der Waals surface area contributed by atoms with Crippen LogP contribution in [0.2, 0.25) is 0 Å². The van der Waals surface area contributed by atoms with E-state index in [1.54, 1.807) is 13.0 Å². The molecular weight excluding hydrogens is 1000 g/mol. The summed E-state index contributed by atoms with van der Waals surface area (Å²) < 4.78 is 73.5. The first-order chi connectivity index (χ1) is 32.3. The number of hydrogen-bond acceptors (Lipinski definition) is 22. The van der Waals surface area contributed by atoms with Crippen LogP contribution in [0.5, 0.6) is 0 Å². The van der Waals surface area contributed by atoms with Crippen molar-refractivity contribution in [2.45, 2.75) is 127 Å². The maximum absolute atomic E-state index is 12.7. The molecule has 28 nitrogen and oxygen atoms in total. The van der Waals surface area contributed by atoms with Gasteiger partial charge < -0.3 is 70.6 Å². The number of aliphatic hydroxyl groups excluding tert-OH is 4. The van der Waals surface area contributed by atoms with E-state index >= 15 is 0 Å². The van der Waals surface area contributed by atoms with Crippen molar-refractivity contribution in [3.05, 3.63) is 24.8 Å². The van der Waals surface area contributed by atoms with Gasteiger partial charge in [-0.2, -0.15) is 4.31 Å². The summed E-state index contributed by atoms with van der Waals surface area (Å²) in [4.78, 5) is 88.2. The Morgan fingerprint density at radius 1 is 0.971 bits per heavy atom. The molecule has 2 aliphatic heterocycles. The van der Waals surface area contributed by atoms with Crippen LogP contribution in [0, 0.1) is 5.41 Å². The van der Waals surface area contributed by atoms with Crippen molar-refractivity contribution in [3.63, 3.8) is 0 Å². The molecule has 11 atom stereocenters. The second-order valence-corrected chi connectivity index (χ2v) is 22.0. The standard InChI is InChI=1S/C37H62N7O21P3S/c1-22-23(45)17-24(46)36(62-22)59-15-10-8-6-4-5-7-9-11-27(48)69-16-14-39-26(47)12-13-40-34(51)31(50)37(2,3)19-61-68(57,58)65-67(55,56)60-18-25-30(64-66(52,53)54)29(49)35(63-25)44-21-43-28-32(38)41-20-42-33(28)44/h9,11,20-25,29-31,35-36,45-46,49-50H,4-8,10,12-19H2,1-3H3,(H,39,47)(H,40,51)(H,55,56)(H,57,58)(H2,38,41,42)(H2,52,53,54)/b11-9+/t22-,23+,24+,25+,29+,30+,31-,35+,36+/m0/s1. The lowest BCUT2D eigenvalue weighted by atomic mass is 9.87. The van der Waals surface area contributed by atoms with Crippen LogP contribution < -0.4 is 16.4 Å². The number of carbonyl (C=O) groups excluding carboxylic acids is 3. The molecule has 32 heteroatoms. The largest absolute Gasteiger partial charge is 0.481 e. The smallest absolute Gasteiger partial charge is 0.390 e. The molecule has 0 spiro atoms.